The van der Waals surface area contributed by atoms with Gasteiger partial charge in [-0.05, 0) is 37.1 Å². The second-order valence-electron chi connectivity index (χ2n) is 5.36. The van der Waals surface area contributed by atoms with Gasteiger partial charge < -0.3 is 5.32 Å². The van der Waals surface area contributed by atoms with Crippen LogP contribution in [0.4, 0.5) is 0 Å². The van der Waals surface area contributed by atoms with E-state index in [1.807, 2.05) is 11.3 Å². The summed E-state index contributed by atoms with van der Waals surface area (Å²) in [7, 11) is 0. The summed E-state index contributed by atoms with van der Waals surface area (Å²) in [6.45, 7) is 4.83. The first-order valence-corrected chi connectivity index (χ1v) is 7.78. The van der Waals surface area contributed by atoms with E-state index in [1.54, 1.807) is 4.88 Å². The monoisotopic (exact) mass is 250 g/mol. The summed E-state index contributed by atoms with van der Waals surface area (Å²) in [5.41, 5.74) is 0. The zero-order valence-corrected chi connectivity index (χ0v) is 11.4. The first-order chi connectivity index (χ1) is 8.36. The summed E-state index contributed by atoms with van der Waals surface area (Å²) in [4.78, 5) is 4.26. The minimum Gasteiger partial charge on any atom is -0.310 e. The van der Waals surface area contributed by atoms with Crippen LogP contribution >= 0.6 is 11.3 Å². The van der Waals surface area contributed by atoms with Gasteiger partial charge in [0.15, 0.2) is 0 Å². The number of hydrogen-bond acceptors (Lipinski definition) is 3. The fourth-order valence-corrected chi connectivity index (χ4v) is 4.32. The van der Waals surface area contributed by atoms with Gasteiger partial charge in [0, 0.05) is 36.1 Å². The number of rotatable bonds is 3. The van der Waals surface area contributed by atoms with Crippen molar-refractivity contribution >= 4 is 11.3 Å². The molecule has 0 radical (unpaired) electrons. The molecule has 17 heavy (non-hydrogen) atoms. The minimum atomic E-state index is 0.649. The maximum atomic E-state index is 3.77. The van der Waals surface area contributed by atoms with E-state index in [1.165, 1.54) is 38.8 Å². The highest BCUT2D eigenvalue weighted by molar-refractivity contribution is 7.10. The SMILES string of the molecule is CCC(c1cccs1)N1CCC2CCC(C1)N2. The van der Waals surface area contributed by atoms with Gasteiger partial charge >= 0.3 is 0 Å². The molecule has 0 aliphatic carbocycles. The molecule has 2 aliphatic rings. The van der Waals surface area contributed by atoms with E-state index in [4.69, 9.17) is 0 Å². The highest BCUT2D eigenvalue weighted by Gasteiger charge is 2.32. The van der Waals surface area contributed by atoms with Crippen molar-refractivity contribution in [2.24, 2.45) is 0 Å². The van der Waals surface area contributed by atoms with Crippen molar-refractivity contribution in [3.8, 4) is 0 Å². The Morgan fingerprint density at radius 2 is 2.29 bits per heavy atom. The second kappa shape index (κ2) is 5.09. The summed E-state index contributed by atoms with van der Waals surface area (Å²) in [6, 6.07) is 6.68. The Labute approximate surface area is 108 Å². The maximum Gasteiger partial charge on any atom is 0.0439 e. The zero-order chi connectivity index (χ0) is 11.7. The van der Waals surface area contributed by atoms with Crippen LogP contribution < -0.4 is 5.32 Å². The van der Waals surface area contributed by atoms with Gasteiger partial charge in [-0.15, -0.1) is 11.3 Å². The third-order valence-electron chi connectivity index (χ3n) is 4.25. The minimum absolute atomic E-state index is 0.649. The summed E-state index contributed by atoms with van der Waals surface area (Å²) < 4.78 is 0. The van der Waals surface area contributed by atoms with Gasteiger partial charge in [-0.1, -0.05) is 13.0 Å². The van der Waals surface area contributed by atoms with E-state index in [0.717, 1.165) is 12.1 Å². The largest absolute Gasteiger partial charge is 0.310 e. The molecule has 1 aromatic heterocycles. The summed E-state index contributed by atoms with van der Waals surface area (Å²) in [5.74, 6) is 0. The summed E-state index contributed by atoms with van der Waals surface area (Å²) in [5, 5.41) is 5.98. The third-order valence-corrected chi connectivity index (χ3v) is 5.23. The Morgan fingerprint density at radius 1 is 1.41 bits per heavy atom. The quantitative estimate of drug-likeness (QED) is 0.887. The maximum absolute atomic E-state index is 3.77. The average molecular weight is 250 g/mol. The van der Waals surface area contributed by atoms with Crippen molar-refractivity contribution < 1.29 is 0 Å². The Hall–Kier alpha value is -0.380. The number of nitrogens with one attached hydrogen (secondary N) is 1. The number of fused-ring (bicyclic) bond motifs is 2. The van der Waals surface area contributed by atoms with Gasteiger partial charge in [0.25, 0.3) is 0 Å². The molecule has 0 amide bonds. The Morgan fingerprint density at radius 3 is 3.06 bits per heavy atom. The van der Waals surface area contributed by atoms with Crippen molar-refractivity contribution in [2.75, 3.05) is 13.1 Å². The van der Waals surface area contributed by atoms with Gasteiger partial charge in [-0.2, -0.15) is 0 Å². The third kappa shape index (κ3) is 2.42. The first-order valence-electron chi connectivity index (χ1n) is 6.90. The van der Waals surface area contributed by atoms with Gasteiger partial charge in [0.2, 0.25) is 0 Å². The van der Waals surface area contributed by atoms with Crippen LogP contribution in [0.2, 0.25) is 0 Å². The van der Waals surface area contributed by atoms with Crippen LogP contribution in [0.25, 0.3) is 0 Å². The first kappa shape index (κ1) is 11.7. The summed E-state index contributed by atoms with van der Waals surface area (Å²) >= 11 is 1.91. The molecule has 1 aromatic rings. The van der Waals surface area contributed by atoms with Crippen LogP contribution in [0.1, 0.15) is 43.5 Å². The van der Waals surface area contributed by atoms with Crippen LogP contribution in [-0.2, 0) is 0 Å². The Balaban J connectivity index is 1.74. The molecule has 3 heterocycles. The molecule has 3 heteroatoms. The number of likely N-dealkylation sites (tertiary alicyclic amines) is 1. The van der Waals surface area contributed by atoms with E-state index in [2.05, 4.69) is 34.7 Å². The lowest BCUT2D eigenvalue weighted by Gasteiger charge is -2.31. The molecule has 2 aliphatic heterocycles. The molecular weight excluding hydrogens is 228 g/mol. The Bertz CT molecular complexity index is 349. The van der Waals surface area contributed by atoms with Gasteiger partial charge in [-0.25, -0.2) is 0 Å². The van der Waals surface area contributed by atoms with E-state index in [9.17, 15) is 0 Å². The highest BCUT2D eigenvalue weighted by Crippen LogP contribution is 2.31. The molecule has 3 atom stereocenters. The van der Waals surface area contributed by atoms with E-state index in [-0.39, 0.29) is 0 Å². The summed E-state index contributed by atoms with van der Waals surface area (Å²) in [6.07, 6.45) is 5.34. The second-order valence-corrected chi connectivity index (χ2v) is 6.34. The highest BCUT2D eigenvalue weighted by atomic mass is 32.1. The predicted octanol–water partition coefficient (Wildman–Crippen LogP) is 3.03. The topological polar surface area (TPSA) is 15.3 Å². The fraction of sp³-hybridized carbons (Fsp3) is 0.714. The molecule has 3 rings (SSSR count). The molecule has 3 unspecified atom stereocenters. The van der Waals surface area contributed by atoms with E-state index >= 15 is 0 Å². The molecule has 94 valence electrons. The van der Waals surface area contributed by atoms with Crippen LogP contribution in [0.15, 0.2) is 17.5 Å². The van der Waals surface area contributed by atoms with Crippen molar-refractivity contribution in [1.29, 1.82) is 0 Å². The smallest absolute Gasteiger partial charge is 0.0439 e. The zero-order valence-electron chi connectivity index (χ0n) is 10.6. The van der Waals surface area contributed by atoms with E-state index < -0.39 is 0 Å². The molecule has 2 fully saturated rings. The number of nitrogens with zero attached hydrogens (tertiary/aromatic N) is 1. The molecule has 2 nitrogen and oxygen atoms in total. The number of thiophene rings is 1. The molecule has 0 aromatic carbocycles. The fourth-order valence-electron chi connectivity index (χ4n) is 3.37. The van der Waals surface area contributed by atoms with Gasteiger partial charge in [-0.3, -0.25) is 4.90 Å². The molecular formula is C14H22N2S. The number of hydrogen-bond donors (Lipinski definition) is 1. The van der Waals surface area contributed by atoms with Gasteiger partial charge in [0.05, 0.1) is 0 Å². The van der Waals surface area contributed by atoms with Crippen LogP contribution in [0.3, 0.4) is 0 Å². The predicted molar refractivity (Wildman–Crippen MR) is 73.5 cm³/mol. The lowest BCUT2D eigenvalue weighted by atomic mass is 10.0. The van der Waals surface area contributed by atoms with Crippen LogP contribution in [-0.4, -0.2) is 30.1 Å². The van der Waals surface area contributed by atoms with Crippen molar-refractivity contribution in [3.05, 3.63) is 22.4 Å². The lowest BCUT2D eigenvalue weighted by Crippen LogP contribution is -2.37. The molecule has 2 bridgehead atoms. The van der Waals surface area contributed by atoms with E-state index in [0.29, 0.717) is 6.04 Å². The normalized spacial score (nSPS) is 31.4. The lowest BCUT2D eigenvalue weighted by molar-refractivity contribution is 0.185. The van der Waals surface area contributed by atoms with Crippen molar-refractivity contribution in [2.45, 2.75) is 50.7 Å². The Kier molecular flexibility index (Phi) is 3.50. The molecule has 0 saturated carbocycles. The van der Waals surface area contributed by atoms with Crippen LogP contribution in [0, 0.1) is 0 Å². The molecule has 2 saturated heterocycles. The van der Waals surface area contributed by atoms with Crippen molar-refractivity contribution in [1.82, 2.24) is 10.2 Å². The van der Waals surface area contributed by atoms with Crippen molar-refractivity contribution in [3.63, 3.8) is 0 Å². The standard InChI is InChI=1S/C14H22N2S/c1-2-13(14-4-3-9-17-14)16-8-7-11-5-6-12(10-16)15-11/h3-4,9,11-13,15H,2,5-8,10H2,1H3. The molecule has 0 spiro atoms. The average Bonchev–Trinajstić information content (AvgIpc) is 2.92. The molecule has 1 N–H and O–H groups in total. The van der Waals surface area contributed by atoms with Crippen LogP contribution in [0.5, 0.6) is 0 Å². The van der Waals surface area contributed by atoms with Gasteiger partial charge in [0.1, 0.15) is 0 Å².